The lowest BCUT2D eigenvalue weighted by Crippen LogP contribution is -2.27. The molecular weight excluding hydrogens is 370 g/mol. The van der Waals surface area contributed by atoms with Gasteiger partial charge in [-0.25, -0.2) is 0 Å². The van der Waals surface area contributed by atoms with Crippen molar-refractivity contribution in [1.82, 2.24) is 4.90 Å². The van der Waals surface area contributed by atoms with Gasteiger partial charge in [0.2, 0.25) is 0 Å². The molecule has 0 aliphatic rings. The number of hydrogen-bond acceptors (Lipinski definition) is 3. The lowest BCUT2D eigenvalue weighted by atomic mass is 9.95. The van der Waals surface area contributed by atoms with Gasteiger partial charge in [-0.3, -0.25) is 0 Å². The molecule has 156 valence electrons. The van der Waals surface area contributed by atoms with Crippen LogP contribution in [0.2, 0.25) is 0 Å². The van der Waals surface area contributed by atoms with Gasteiger partial charge in [-0.15, -0.1) is 0 Å². The molecule has 0 spiro atoms. The van der Waals surface area contributed by atoms with Crippen LogP contribution in [0.4, 0.5) is 0 Å². The van der Waals surface area contributed by atoms with Crippen LogP contribution >= 0.6 is 0 Å². The molecule has 0 aliphatic heterocycles. The molecule has 3 aromatic rings. The first-order valence-electron chi connectivity index (χ1n) is 10.6. The van der Waals surface area contributed by atoms with Crippen LogP contribution in [0.5, 0.6) is 11.5 Å². The Hall–Kier alpha value is -3.04. The molecule has 0 aliphatic carbocycles. The van der Waals surface area contributed by atoms with E-state index in [1.165, 1.54) is 11.1 Å². The maximum Gasteiger partial charge on any atom is 0.119 e. The summed E-state index contributed by atoms with van der Waals surface area (Å²) in [5.74, 6) is 1.77. The maximum absolute atomic E-state index is 5.92. The van der Waals surface area contributed by atoms with Crippen molar-refractivity contribution in [2.45, 2.75) is 13.8 Å². The van der Waals surface area contributed by atoms with Crippen molar-refractivity contribution >= 4 is 11.6 Å². The zero-order valence-corrected chi connectivity index (χ0v) is 18.2. The van der Waals surface area contributed by atoms with E-state index in [0.717, 1.165) is 42.3 Å². The van der Waals surface area contributed by atoms with Crippen molar-refractivity contribution in [3.05, 3.63) is 95.6 Å². The predicted molar refractivity (Wildman–Crippen MR) is 126 cm³/mol. The van der Waals surface area contributed by atoms with Gasteiger partial charge in [-0.1, -0.05) is 68.4 Å². The van der Waals surface area contributed by atoms with Crippen molar-refractivity contribution in [3.8, 4) is 11.5 Å². The number of benzene rings is 3. The zero-order valence-electron chi connectivity index (χ0n) is 18.2. The molecule has 0 unspecified atom stereocenters. The Balaban J connectivity index is 1.79. The van der Waals surface area contributed by atoms with E-state index >= 15 is 0 Å². The number of likely N-dealkylation sites (N-methyl/N-ethyl adjacent to an activating group) is 1. The third-order valence-corrected chi connectivity index (χ3v) is 5.25. The van der Waals surface area contributed by atoms with Crippen molar-refractivity contribution in [2.24, 2.45) is 0 Å². The Bertz CT molecular complexity index is 911. The van der Waals surface area contributed by atoms with Gasteiger partial charge in [0.25, 0.3) is 0 Å². The minimum atomic E-state index is 0.706. The molecule has 3 nitrogen and oxygen atoms in total. The summed E-state index contributed by atoms with van der Waals surface area (Å²) in [5, 5.41) is 0. The Morgan fingerprint density at radius 1 is 0.767 bits per heavy atom. The van der Waals surface area contributed by atoms with Crippen LogP contribution in [-0.2, 0) is 0 Å². The second-order valence-corrected chi connectivity index (χ2v) is 7.10. The van der Waals surface area contributed by atoms with Gasteiger partial charge in [-0.05, 0) is 65.7 Å². The lowest BCUT2D eigenvalue weighted by Gasteiger charge is -2.18. The fourth-order valence-electron chi connectivity index (χ4n) is 3.38. The summed E-state index contributed by atoms with van der Waals surface area (Å²) >= 11 is 0. The van der Waals surface area contributed by atoms with Gasteiger partial charge < -0.3 is 14.4 Å². The second kappa shape index (κ2) is 11.2. The molecule has 0 atom stereocenters. The molecule has 3 rings (SSSR count). The number of hydrogen-bond donors (Lipinski definition) is 0. The molecule has 0 aromatic heterocycles. The van der Waals surface area contributed by atoms with Crippen LogP contribution in [0.3, 0.4) is 0 Å². The van der Waals surface area contributed by atoms with Crippen LogP contribution in [0.15, 0.2) is 78.9 Å². The van der Waals surface area contributed by atoms with Crippen LogP contribution in [0, 0.1) is 0 Å². The largest absolute Gasteiger partial charge is 0.497 e. The maximum atomic E-state index is 5.92. The van der Waals surface area contributed by atoms with E-state index in [9.17, 15) is 0 Å². The van der Waals surface area contributed by atoms with Crippen molar-refractivity contribution in [3.63, 3.8) is 0 Å². The van der Waals surface area contributed by atoms with Crippen LogP contribution in [0.25, 0.3) is 11.6 Å². The standard InChI is InChI=1S/C27H31NO2/c1-4-28(5-2)19-20-30-26-15-11-22(12-16-26)21-27(23-9-7-6-8-10-23)24-13-17-25(29-3)18-14-24/h6-18,21H,4-5,19-20H2,1-3H3. The van der Waals surface area contributed by atoms with Crippen molar-refractivity contribution < 1.29 is 9.47 Å². The molecule has 0 fully saturated rings. The minimum Gasteiger partial charge on any atom is -0.497 e. The highest BCUT2D eigenvalue weighted by atomic mass is 16.5. The SMILES string of the molecule is CCN(CC)CCOc1ccc(C=C(c2ccccc2)c2ccc(OC)cc2)cc1. The smallest absolute Gasteiger partial charge is 0.119 e. The lowest BCUT2D eigenvalue weighted by molar-refractivity contribution is 0.223. The number of methoxy groups -OCH3 is 1. The Morgan fingerprint density at radius 3 is 1.97 bits per heavy atom. The summed E-state index contributed by atoms with van der Waals surface area (Å²) in [7, 11) is 1.69. The molecular formula is C27H31NO2. The first-order valence-corrected chi connectivity index (χ1v) is 10.6. The molecule has 0 radical (unpaired) electrons. The summed E-state index contributed by atoms with van der Waals surface area (Å²) in [6.07, 6.45) is 2.22. The first kappa shape index (κ1) is 21.7. The van der Waals surface area contributed by atoms with E-state index in [1.54, 1.807) is 7.11 Å². The van der Waals surface area contributed by atoms with Gasteiger partial charge in [-0.2, -0.15) is 0 Å². The molecule has 0 N–H and O–H groups in total. The van der Waals surface area contributed by atoms with E-state index in [0.29, 0.717) is 6.61 Å². The van der Waals surface area contributed by atoms with Gasteiger partial charge >= 0.3 is 0 Å². The molecule has 0 heterocycles. The summed E-state index contributed by atoms with van der Waals surface area (Å²) < 4.78 is 11.2. The summed E-state index contributed by atoms with van der Waals surface area (Å²) in [5.41, 5.74) is 4.65. The highest BCUT2D eigenvalue weighted by Gasteiger charge is 2.06. The molecule has 0 amide bonds. The highest BCUT2D eigenvalue weighted by molar-refractivity contribution is 5.91. The van der Waals surface area contributed by atoms with E-state index < -0.39 is 0 Å². The molecule has 0 saturated heterocycles. The summed E-state index contributed by atoms with van der Waals surface area (Å²) in [6.45, 7) is 8.12. The van der Waals surface area contributed by atoms with E-state index in [2.05, 4.69) is 73.4 Å². The van der Waals surface area contributed by atoms with Gasteiger partial charge in [0.05, 0.1) is 7.11 Å². The Kier molecular flexibility index (Phi) is 8.10. The van der Waals surface area contributed by atoms with E-state index in [1.807, 2.05) is 30.3 Å². The van der Waals surface area contributed by atoms with Gasteiger partial charge in [0, 0.05) is 6.54 Å². The van der Waals surface area contributed by atoms with Crippen LogP contribution < -0.4 is 9.47 Å². The molecule has 3 aromatic carbocycles. The van der Waals surface area contributed by atoms with Crippen molar-refractivity contribution in [2.75, 3.05) is 33.4 Å². The van der Waals surface area contributed by atoms with Crippen LogP contribution in [-0.4, -0.2) is 38.3 Å². The fourth-order valence-corrected chi connectivity index (χ4v) is 3.38. The number of ether oxygens (including phenoxy) is 2. The Morgan fingerprint density at radius 2 is 1.37 bits per heavy atom. The van der Waals surface area contributed by atoms with Gasteiger partial charge in [0.15, 0.2) is 0 Å². The van der Waals surface area contributed by atoms with E-state index in [4.69, 9.17) is 9.47 Å². The quantitative estimate of drug-likeness (QED) is 0.389. The third-order valence-electron chi connectivity index (χ3n) is 5.25. The topological polar surface area (TPSA) is 21.7 Å². The van der Waals surface area contributed by atoms with Crippen LogP contribution in [0.1, 0.15) is 30.5 Å². The first-order chi connectivity index (χ1) is 14.7. The summed E-state index contributed by atoms with van der Waals surface area (Å²) in [6, 6.07) is 27.0. The number of nitrogens with zero attached hydrogens (tertiary/aromatic N) is 1. The zero-order chi connectivity index (χ0) is 21.2. The monoisotopic (exact) mass is 401 g/mol. The molecule has 30 heavy (non-hydrogen) atoms. The predicted octanol–water partition coefficient (Wildman–Crippen LogP) is 6.00. The number of rotatable bonds is 10. The normalized spacial score (nSPS) is 11.5. The minimum absolute atomic E-state index is 0.706. The third kappa shape index (κ3) is 5.98. The van der Waals surface area contributed by atoms with E-state index in [-0.39, 0.29) is 0 Å². The fraction of sp³-hybridized carbons (Fsp3) is 0.259. The molecule has 3 heteroatoms. The Labute approximate surface area is 180 Å². The summed E-state index contributed by atoms with van der Waals surface area (Å²) in [4.78, 5) is 2.36. The molecule has 0 bridgehead atoms. The average Bonchev–Trinajstić information content (AvgIpc) is 2.82. The average molecular weight is 402 g/mol. The highest BCUT2D eigenvalue weighted by Crippen LogP contribution is 2.28. The van der Waals surface area contributed by atoms with Gasteiger partial charge in [0.1, 0.15) is 18.1 Å². The molecule has 0 saturated carbocycles. The second-order valence-electron chi connectivity index (χ2n) is 7.10. The van der Waals surface area contributed by atoms with Crippen molar-refractivity contribution in [1.29, 1.82) is 0 Å².